The molecule has 0 aromatic carbocycles. The van der Waals surface area contributed by atoms with Crippen LogP contribution in [0.25, 0.3) is 0 Å². The summed E-state index contributed by atoms with van der Waals surface area (Å²) in [6, 6.07) is 0. The molecule has 0 bridgehead atoms. The first-order chi connectivity index (χ1) is 7.27. The van der Waals surface area contributed by atoms with Gasteiger partial charge in [0, 0.05) is 6.54 Å². The molecular formula is C12H25NO2. The fourth-order valence-corrected chi connectivity index (χ4v) is 2.59. The summed E-state index contributed by atoms with van der Waals surface area (Å²) in [5, 5.41) is 21.1. The zero-order valence-corrected chi connectivity index (χ0v) is 9.78. The van der Waals surface area contributed by atoms with Gasteiger partial charge >= 0.3 is 0 Å². The van der Waals surface area contributed by atoms with Gasteiger partial charge in [-0.05, 0) is 24.8 Å². The lowest BCUT2D eigenvalue weighted by Crippen LogP contribution is -2.36. The highest BCUT2D eigenvalue weighted by atomic mass is 16.3. The molecule has 3 atom stereocenters. The average molecular weight is 215 g/mol. The Hall–Kier alpha value is -0.120. The van der Waals surface area contributed by atoms with Crippen LogP contribution in [0.4, 0.5) is 0 Å². The average Bonchev–Trinajstić information content (AvgIpc) is 2.29. The fourth-order valence-electron chi connectivity index (χ4n) is 2.59. The van der Waals surface area contributed by atoms with E-state index in [0.717, 1.165) is 18.4 Å². The molecule has 15 heavy (non-hydrogen) atoms. The van der Waals surface area contributed by atoms with Crippen molar-refractivity contribution in [3.63, 3.8) is 0 Å². The fraction of sp³-hybridized carbons (Fsp3) is 1.00. The van der Waals surface area contributed by atoms with Crippen molar-refractivity contribution in [2.75, 3.05) is 19.7 Å². The molecule has 1 rings (SSSR count). The van der Waals surface area contributed by atoms with Crippen LogP contribution in [0.3, 0.4) is 0 Å². The van der Waals surface area contributed by atoms with Crippen LogP contribution >= 0.6 is 0 Å². The van der Waals surface area contributed by atoms with Crippen LogP contribution in [-0.4, -0.2) is 36.0 Å². The monoisotopic (exact) mass is 215 g/mol. The molecule has 1 saturated carbocycles. The van der Waals surface area contributed by atoms with Crippen molar-refractivity contribution < 1.29 is 10.2 Å². The standard InChI is InChI=1S/C12H25NO2/c1-2-10-5-3-4-6-11(10)7-13-8-12(15)9-14/h10-15H,2-9H2,1H3. The van der Waals surface area contributed by atoms with Gasteiger partial charge in [-0.15, -0.1) is 0 Å². The van der Waals surface area contributed by atoms with Gasteiger partial charge in [-0.2, -0.15) is 0 Å². The third-order valence-corrected chi connectivity index (χ3v) is 3.59. The maximum atomic E-state index is 9.20. The van der Waals surface area contributed by atoms with E-state index in [-0.39, 0.29) is 6.61 Å². The molecule has 0 spiro atoms. The largest absolute Gasteiger partial charge is 0.394 e. The third-order valence-electron chi connectivity index (χ3n) is 3.59. The van der Waals surface area contributed by atoms with Crippen molar-refractivity contribution in [3.8, 4) is 0 Å². The van der Waals surface area contributed by atoms with Gasteiger partial charge in [0.15, 0.2) is 0 Å². The van der Waals surface area contributed by atoms with E-state index in [0.29, 0.717) is 6.54 Å². The van der Waals surface area contributed by atoms with E-state index >= 15 is 0 Å². The predicted molar refractivity (Wildman–Crippen MR) is 61.7 cm³/mol. The maximum absolute atomic E-state index is 9.20. The number of rotatable bonds is 6. The summed E-state index contributed by atoms with van der Waals surface area (Å²) < 4.78 is 0. The number of hydrogen-bond donors (Lipinski definition) is 3. The smallest absolute Gasteiger partial charge is 0.0894 e. The molecule has 1 fully saturated rings. The number of aliphatic hydroxyl groups excluding tert-OH is 2. The van der Waals surface area contributed by atoms with Crippen molar-refractivity contribution in [3.05, 3.63) is 0 Å². The lowest BCUT2D eigenvalue weighted by atomic mass is 9.78. The Morgan fingerprint density at radius 1 is 1.27 bits per heavy atom. The van der Waals surface area contributed by atoms with Crippen LogP contribution in [0.15, 0.2) is 0 Å². The summed E-state index contributed by atoms with van der Waals surface area (Å²) in [6.07, 6.45) is 6.09. The molecule has 1 aliphatic rings. The highest BCUT2D eigenvalue weighted by Gasteiger charge is 2.23. The van der Waals surface area contributed by atoms with Crippen molar-refractivity contribution in [1.29, 1.82) is 0 Å². The van der Waals surface area contributed by atoms with Gasteiger partial charge in [0.25, 0.3) is 0 Å². The lowest BCUT2D eigenvalue weighted by molar-refractivity contribution is 0.0914. The summed E-state index contributed by atoms with van der Waals surface area (Å²) >= 11 is 0. The molecular weight excluding hydrogens is 190 g/mol. The molecule has 3 N–H and O–H groups in total. The topological polar surface area (TPSA) is 52.5 Å². The van der Waals surface area contributed by atoms with Gasteiger partial charge in [-0.1, -0.05) is 32.6 Å². The van der Waals surface area contributed by atoms with Crippen LogP contribution in [0.2, 0.25) is 0 Å². The van der Waals surface area contributed by atoms with Gasteiger partial charge < -0.3 is 15.5 Å². The summed E-state index contributed by atoms with van der Waals surface area (Å²) in [5.41, 5.74) is 0. The third kappa shape index (κ3) is 4.49. The maximum Gasteiger partial charge on any atom is 0.0894 e. The van der Waals surface area contributed by atoms with E-state index in [1.54, 1.807) is 0 Å². The SMILES string of the molecule is CCC1CCCCC1CNCC(O)CO. The van der Waals surface area contributed by atoms with Crippen molar-refractivity contribution >= 4 is 0 Å². The minimum atomic E-state index is -0.603. The highest BCUT2D eigenvalue weighted by molar-refractivity contribution is 4.76. The Labute approximate surface area is 92.9 Å². The summed E-state index contributed by atoms with van der Waals surface area (Å²) in [7, 11) is 0. The van der Waals surface area contributed by atoms with Crippen LogP contribution in [-0.2, 0) is 0 Å². The van der Waals surface area contributed by atoms with E-state index in [1.807, 2.05) is 0 Å². The Balaban J connectivity index is 2.17. The van der Waals surface area contributed by atoms with E-state index in [9.17, 15) is 5.11 Å². The molecule has 0 heterocycles. The first kappa shape index (κ1) is 12.9. The van der Waals surface area contributed by atoms with E-state index in [1.165, 1.54) is 32.1 Å². The predicted octanol–water partition coefficient (Wildman–Crippen LogP) is 1.15. The molecule has 90 valence electrons. The lowest BCUT2D eigenvalue weighted by Gasteiger charge is -2.31. The second-order valence-corrected chi connectivity index (χ2v) is 4.71. The molecule has 0 saturated heterocycles. The Kier molecular flexibility index (Phi) is 6.22. The first-order valence-electron chi connectivity index (χ1n) is 6.27. The molecule has 0 amide bonds. The molecule has 3 nitrogen and oxygen atoms in total. The molecule has 3 unspecified atom stereocenters. The molecule has 0 aromatic rings. The second kappa shape index (κ2) is 7.20. The quantitative estimate of drug-likeness (QED) is 0.623. The Morgan fingerprint density at radius 3 is 2.53 bits per heavy atom. The normalized spacial score (nSPS) is 29.0. The number of aliphatic hydroxyl groups is 2. The van der Waals surface area contributed by atoms with Crippen molar-refractivity contribution in [2.45, 2.75) is 45.1 Å². The van der Waals surface area contributed by atoms with E-state index in [2.05, 4.69) is 12.2 Å². The first-order valence-corrected chi connectivity index (χ1v) is 6.27. The van der Waals surface area contributed by atoms with Gasteiger partial charge in [0.05, 0.1) is 12.7 Å². The zero-order chi connectivity index (χ0) is 11.1. The molecule has 0 aromatic heterocycles. The van der Waals surface area contributed by atoms with Gasteiger partial charge in [0.2, 0.25) is 0 Å². The Morgan fingerprint density at radius 2 is 1.93 bits per heavy atom. The minimum absolute atomic E-state index is 0.144. The highest BCUT2D eigenvalue weighted by Crippen LogP contribution is 2.31. The van der Waals surface area contributed by atoms with Gasteiger partial charge in [0.1, 0.15) is 0 Å². The van der Waals surface area contributed by atoms with Crippen LogP contribution in [0, 0.1) is 11.8 Å². The van der Waals surface area contributed by atoms with Gasteiger partial charge in [-0.25, -0.2) is 0 Å². The number of nitrogens with one attached hydrogen (secondary N) is 1. The minimum Gasteiger partial charge on any atom is -0.394 e. The summed E-state index contributed by atoms with van der Waals surface area (Å²) in [6.45, 7) is 3.64. The van der Waals surface area contributed by atoms with Crippen molar-refractivity contribution in [2.24, 2.45) is 11.8 Å². The van der Waals surface area contributed by atoms with E-state index < -0.39 is 6.10 Å². The molecule has 0 radical (unpaired) electrons. The van der Waals surface area contributed by atoms with Crippen LogP contribution < -0.4 is 5.32 Å². The second-order valence-electron chi connectivity index (χ2n) is 4.71. The van der Waals surface area contributed by atoms with Crippen LogP contribution in [0.5, 0.6) is 0 Å². The van der Waals surface area contributed by atoms with Crippen molar-refractivity contribution in [1.82, 2.24) is 5.32 Å². The van der Waals surface area contributed by atoms with E-state index in [4.69, 9.17) is 5.11 Å². The molecule has 0 aliphatic heterocycles. The molecule has 3 heteroatoms. The molecule has 1 aliphatic carbocycles. The summed E-state index contributed by atoms with van der Waals surface area (Å²) in [5.74, 6) is 1.63. The van der Waals surface area contributed by atoms with Gasteiger partial charge in [-0.3, -0.25) is 0 Å². The van der Waals surface area contributed by atoms with Crippen LogP contribution in [0.1, 0.15) is 39.0 Å². The summed E-state index contributed by atoms with van der Waals surface area (Å²) in [4.78, 5) is 0. The Bertz CT molecular complexity index is 164. The number of hydrogen-bond acceptors (Lipinski definition) is 3. The zero-order valence-electron chi connectivity index (χ0n) is 9.78.